The first-order chi connectivity index (χ1) is 13.9. The van der Waals surface area contributed by atoms with Gasteiger partial charge in [0.15, 0.2) is 5.11 Å². The maximum atomic E-state index is 10.9. The minimum absolute atomic E-state index is 0.0742. The molecule has 29 heavy (non-hydrogen) atoms. The molecule has 0 fully saturated rings. The molecule has 0 saturated carbocycles. The van der Waals surface area contributed by atoms with Crippen LogP contribution in [0.1, 0.15) is 5.56 Å². The molecule has 0 radical (unpaired) electrons. The third kappa shape index (κ3) is 5.35. The molecule has 3 aromatic rings. The Kier molecular flexibility index (Phi) is 6.53. The van der Waals surface area contributed by atoms with Gasteiger partial charge >= 0.3 is 0 Å². The third-order valence-electron chi connectivity index (χ3n) is 3.86. The number of methoxy groups -OCH3 is 1. The predicted molar refractivity (Wildman–Crippen MR) is 117 cm³/mol. The van der Waals surface area contributed by atoms with E-state index >= 15 is 0 Å². The Morgan fingerprint density at radius 1 is 1.24 bits per heavy atom. The first-order valence-corrected chi connectivity index (χ1v) is 9.39. The van der Waals surface area contributed by atoms with E-state index in [1.165, 1.54) is 25.3 Å². The number of nitro benzene ring substituents is 1. The van der Waals surface area contributed by atoms with Gasteiger partial charge in [-0.2, -0.15) is 5.10 Å². The van der Waals surface area contributed by atoms with Crippen LogP contribution in [0.15, 0.2) is 48.8 Å². The summed E-state index contributed by atoms with van der Waals surface area (Å²) in [5, 5.41) is 22.4. The molecule has 2 N–H and O–H groups in total. The number of non-ortho nitro benzene ring substituents is 1. The number of rotatable bonds is 6. The maximum Gasteiger partial charge on any atom is 0.273 e. The monoisotopic (exact) mass is 451 g/mol. The molecule has 8 nitrogen and oxygen atoms in total. The Labute approximate surface area is 181 Å². The molecular formula is C18H15Cl2N5O3S. The van der Waals surface area contributed by atoms with Crippen molar-refractivity contribution < 1.29 is 9.66 Å². The summed E-state index contributed by atoms with van der Waals surface area (Å²) in [4.78, 5) is 10.4. The van der Waals surface area contributed by atoms with E-state index in [9.17, 15) is 10.1 Å². The van der Waals surface area contributed by atoms with Gasteiger partial charge in [-0.3, -0.25) is 14.8 Å². The summed E-state index contributed by atoms with van der Waals surface area (Å²) in [6, 6.07) is 9.60. The van der Waals surface area contributed by atoms with E-state index in [1.54, 1.807) is 29.2 Å². The van der Waals surface area contributed by atoms with Gasteiger partial charge in [0.25, 0.3) is 5.69 Å². The zero-order valence-corrected chi connectivity index (χ0v) is 17.4. The van der Waals surface area contributed by atoms with Crippen molar-refractivity contribution in [2.75, 3.05) is 17.7 Å². The molecular weight excluding hydrogens is 437 g/mol. The lowest BCUT2D eigenvalue weighted by Gasteiger charge is -2.12. The van der Waals surface area contributed by atoms with Crippen molar-refractivity contribution in [2.24, 2.45) is 0 Å². The topological polar surface area (TPSA) is 94.2 Å². The highest BCUT2D eigenvalue weighted by Gasteiger charge is 2.12. The molecule has 0 saturated heterocycles. The normalized spacial score (nSPS) is 10.4. The number of halogens is 2. The Morgan fingerprint density at radius 3 is 2.72 bits per heavy atom. The predicted octanol–water partition coefficient (Wildman–Crippen LogP) is 4.96. The molecule has 11 heteroatoms. The molecule has 0 bridgehead atoms. The highest BCUT2D eigenvalue weighted by Crippen LogP contribution is 2.29. The van der Waals surface area contributed by atoms with E-state index in [4.69, 9.17) is 40.2 Å². The van der Waals surface area contributed by atoms with E-state index < -0.39 is 4.92 Å². The van der Waals surface area contributed by atoms with Crippen molar-refractivity contribution in [2.45, 2.75) is 6.54 Å². The standard InChI is InChI=1S/C18H15Cl2N5O3S/c1-28-17-7-13(25(26)27)3-5-16(17)23-18(29)22-12-8-21-24(10-12)9-11-2-4-14(19)15(20)6-11/h2-8,10H,9H2,1H3,(H2,22,23,29). The van der Waals surface area contributed by atoms with Gasteiger partial charge in [0.05, 0.1) is 52.3 Å². The lowest BCUT2D eigenvalue weighted by Crippen LogP contribution is -2.19. The fraction of sp³-hybridized carbons (Fsp3) is 0.111. The molecule has 0 amide bonds. The average molecular weight is 452 g/mol. The summed E-state index contributed by atoms with van der Waals surface area (Å²) in [5.74, 6) is 0.304. The van der Waals surface area contributed by atoms with Crippen molar-refractivity contribution >= 4 is 57.6 Å². The van der Waals surface area contributed by atoms with Crippen LogP contribution >= 0.6 is 35.4 Å². The van der Waals surface area contributed by atoms with Crippen LogP contribution in [0.5, 0.6) is 5.75 Å². The highest BCUT2D eigenvalue weighted by molar-refractivity contribution is 7.80. The molecule has 0 unspecified atom stereocenters. The summed E-state index contributed by atoms with van der Waals surface area (Å²) < 4.78 is 6.90. The average Bonchev–Trinajstić information content (AvgIpc) is 3.11. The summed E-state index contributed by atoms with van der Waals surface area (Å²) >= 11 is 17.3. The molecule has 0 aliphatic rings. The number of nitro groups is 1. The van der Waals surface area contributed by atoms with Crippen LogP contribution in [0.3, 0.4) is 0 Å². The number of aromatic nitrogens is 2. The summed E-state index contributed by atoms with van der Waals surface area (Å²) in [6.07, 6.45) is 3.40. The first kappa shape index (κ1) is 20.8. The SMILES string of the molecule is COc1cc([N+](=O)[O-])ccc1NC(=S)Nc1cnn(Cc2ccc(Cl)c(Cl)c2)c1. The largest absolute Gasteiger partial charge is 0.494 e. The molecule has 3 rings (SSSR count). The van der Waals surface area contributed by atoms with E-state index in [2.05, 4.69) is 15.7 Å². The van der Waals surface area contributed by atoms with Crippen LogP contribution in [-0.2, 0) is 6.54 Å². The Bertz CT molecular complexity index is 1070. The lowest BCUT2D eigenvalue weighted by molar-refractivity contribution is -0.384. The number of thiocarbonyl (C=S) groups is 1. The number of nitrogens with one attached hydrogen (secondary N) is 2. The van der Waals surface area contributed by atoms with Crippen LogP contribution < -0.4 is 15.4 Å². The summed E-state index contributed by atoms with van der Waals surface area (Å²) in [5.41, 5.74) is 2.04. The van der Waals surface area contributed by atoms with E-state index in [1.807, 2.05) is 6.07 Å². The zero-order valence-electron chi connectivity index (χ0n) is 15.1. The second kappa shape index (κ2) is 9.08. The molecule has 0 aliphatic carbocycles. The minimum atomic E-state index is -0.495. The van der Waals surface area contributed by atoms with Crippen molar-refractivity contribution in [1.29, 1.82) is 0 Å². The number of nitrogens with zero attached hydrogens (tertiary/aromatic N) is 3. The highest BCUT2D eigenvalue weighted by atomic mass is 35.5. The molecule has 0 aliphatic heterocycles. The molecule has 150 valence electrons. The third-order valence-corrected chi connectivity index (χ3v) is 4.81. The Morgan fingerprint density at radius 2 is 2.03 bits per heavy atom. The van der Waals surface area contributed by atoms with Gasteiger partial charge in [0.2, 0.25) is 0 Å². The van der Waals surface area contributed by atoms with Crippen LogP contribution in [-0.4, -0.2) is 26.9 Å². The molecule has 2 aromatic carbocycles. The first-order valence-electron chi connectivity index (χ1n) is 8.22. The van der Waals surface area contributed by atoms with Crippen LogP contribution in [0.4, 0.5) is 17.1 Å². The van der Waals surface area contributed by atoms with Gasteiger partial charge in [0, 0.05) is 12.3 Å². The van der Waals surface area contributed by atoms with Gasteiger partial charge in [-0.15, -0.1) is 0 Å². The summed E-state index contributed by atoms with van der Waals surface area (Å²) in [6.45, 7) is 0.509. The molecule has 1 aromatic heterocycles. The number of benzene rings is 2. The minimum Gasteiger partial charge on any atom is -0.494 e. The number of ether oxygens (including phenoxy) is 1. The Hall–Kier alpha value is -2.88. The fourth-order valence-electron chi connectivity index (χ4n) is 2.52. The summed E-state index contributed by atoms with van der Waals surface area (Å²) in [7, 11) is 1.42. The van der Waals surface area contributed by atoms with Crippen molar-refractivity contribution in [3.63, 3.8) is 0 Å². The van der Waals surface area contributed by atoms with Crippen LogP contribution in [0, 0.1) is 10.1 Å². The quantitative estimate of drug-likeness (QED) is 0.310. The second-order valence-corrected chi connectivity index (χ2v) is 7.12. The molecule has 0 atom stereocenters. The smallest absolute Gasteiger partial charge is 0.273 e. The van der Waals surface area contributed by atoms with E-state index in [0.717, 1.165) is 5.56 Å². The molecule has 1 heterocycles. The van der Waals surface area contributed by atoms with Gasteiger partial charge in [-0.25, -0.2) is 0 Å². The fourth-order valence-corrected chi connectivity index (χ4v) is 3.07. The number of hydrogen-bond acceptors (Lipinski definition) is 5. The van der Waals surface area contributed by atoms with Crippen LogP contribution in [0.25, 0.3) is 0 Å². The maximum absolute atomic E-state index is 10.9. The number of anilines is 2. The van der Waals surface area contributed by atoms with Gasteiger partial charge in [-0.05, 0) is 36.0 Å². The second-order valence-electron chi connectivity index (χ2n) is 5.90. The van der Waals surface area contributed by atoms with Gasteiger partial charge < -0.3 is 15.4 Å². The van der Waals surface area contributed by atoms with Crippen molar-refractivity contribution in [3.05, 3.63) is 74.5 Å². The Balaban J connectivity index is 1.64. The van der Waals surface area contributed by atoms with E-state index in [0.29, 0.717) is 33.7 Å². The van der Waals surface area contributed by atoms with Gasteiger partial charge in [-0.1, -0.05) is 29.3 Å². The zero-order chi connectivity index (χ0) is 21.0. The van der Waals surface area contributed by atoms with Gasteiger partial charge in [0.1, 0.15) is 5.75 Å². The van der Waals surface area contributed by atoms with Crippen LogP contribution in [0.2, 0.25) is 10.0 Å². The number of hydrogen-bond donors (Lipinski definition) is 2. The van der Waals surface area contributed by atoms with Crippen molar-refractivity contribution in [3.8, 4) is 5.75 Å². The lowest BCUT2D eigenvalue weighted by atomic mass is 10.2. The van der Waals surface area contributed by atoms with E-state index in [-0.39, 0.29) is 10.8 Å². The van der Waals surface area contributed by atoms with Crippen molar-refractivity contribution in [1.82, 2.24) is 9.78 Å². The molecule has 0 spiro atoms.